The molecule has 29 heavy (non-hydrogen) atoms. The van der Waals surface area contributed by atoms with E-state index in [1.54, 1.807) is 32.0 Å². The normalized spacial score (nSPS) is 10.1. The molecule has 0 aliphatic carbocycles. The average Bonchev–Trinajstić information content (AvgIpc) is 2.66. The Labute approximate surface area is 170 Å². The van der Waals surface area contributed by atoms with Crippen LogP contribution in [0.2, 0.25) is 0 Å². The fraction of sp³-hybridized carbons (Fsp3) is 0.364. The summed E-state index contributed by atoms with van der Waals surface area (Å²) in [4.78, 5) is 21.9. The van der Waals surface area contributed by atoms with Gasteiger partial charge in [0.1, 0.15) is 22.6 Å². The van der Waals surface area contributed by atoms with Crippen LogP contribution in [0.25, 0.3) is 0 Å². The third-order valence-corrected chi connectivity index (χ3v) is 4.43. The largest absolute Gasteiger partial charge is 0.507 e. The fourth-order valence-corrected chi connectivity index (χ4v) is 2.84. The number of benzene rings is 2. The van der Waals surface area contributed by atoms with Gasteiger partial charge in [0.2, 0.25) is 0 Å². The van der Waals surface area contributed by atoms with Crippen molar-refractivity contribution in [3.8, 4) is 11.5 Å². The second kappa shape index (κ2) is 11.1. The van der Waals surface area contributed by atoms with Gasteiger partial charge in [0.25, 0.3) is 0 Å². The zero-order valence-electron chi connectivity index (χ0n) is 17.4. The van der Waals surface area contributed by atoms with Gasteiger partial charge in [0, 0.05) is 7.11 Å². The van der Waals surface area contributed by atoms with Crippen LogP contribution in [0.5, 0.6) is 11.5 Å². The van der Waals surface area contributed by atoms with Gasteiger partial charge in [-0.25, -0.2) is 9.59 Å². The number of aromatic carboxylic acids is 2. The monoisotopic (exact) mass is 404 g/mol. The molecule has 0 aromatic heterocycles. The number of ether oxygens (including phenoxy) is 2. The lowest BCUT2D eigenvalue weighted by Crippen LogP contribution is -2.09. The molecule has 0 saturated heterocycles. The molecule has 0 amide bonds. The van der Waals surface area contributed by atoms with E-state index in [0.717, 1.165) is 12.0 Å². The average molecular weight is 404 g/mol. The molecule has 158 valence electrons. The first kappa shape index (κ1) is 24.0. The number of aryl methyl sites for hydroxylation is 4. The molecule has 3 N–H and O–H groups in total. The zero-order chi connectivity index (χ0) is 22.1. The predicted octanol–water partition coefficient (Wildman–Crippen LogP) is 4.20. The van der Waals surface area contributed by atoms with Gasteiger partial charge < -0.3 is 24.8 Å². The van der Waals surface area contributed by atoms with Gasteiger partial charge in [-0.05, 0) is 48.9 Å². The Kier molecular flexibility index (Phi) is 9.15. The highest BCUT2D eigenvalue weighted by atomic mass is 16.7. The second-order valence-electron chi connectivity index (χ2n) is 6.38. The quantitative estimate of drug-likeness (QED) is 0.593. The molecular weight excluding hydrogens is 376 g/mol. The summed E-state index contributed by atoms with van der Waals surface area (Å²) in [5.41, 5.74) is 3.05. The van der Waals surface area contributed by atoms with E-state index in [1.807, 2.05) is 19.9 Å². The Morgan fingerprint density at radius 1 is 0.862 bits per heavy atom. The van der Waals surface area contributed by atoms with Crippen LogP contribution in [0.4, 0.5) is 0 Å². The van der Waals surface area contributed by atoms with Crippen LogP contribution in [0.3, 0.4) is 0 Å². The molecule has 0 aliphatic heterocycles. The first-order chi connectivity index (χ1) is 13.7. The number of methoxy groups -OCH3 is 1. The first-order valence-corrected chi connectivity index (χ1v) is 9.21. The van der Waals surface area contributed by atoms with E-state index < -0.39 is 11.9 Å². The number of carboxylic acid groups (broad SMARTS) is 2. The summed E-state index contributed by atoms with van der Waals surface area (Å²) in [6.45, 7) is 7.30. The molecule has 2 aromatic rings. The second-order valence-corrected chi connectivity index (χ2v) is 6.38. The third-order valence-electron chi connectivity index (χ3n) is 4.43. The van der Waals surface area contributed by atoms with Crippen LogP contribution in [0.15, 0.2) is 24.3 Å². The molecule has 0 fully saturated rings. The van der Waals surface area contributed by atoms with Crippen LogP contribution >= 0.6 is 0 Å². The van der Waals surface area contributed by atoms with Crippen molar-refractivity contribution in [2.75, 3.05) is 13.9 Å². The minimum Gasteiger partial charge on any atom is -0.507 e. The standard InChI is InChI=1S/C12H16O4.C10H12O3/c1-4-9-6-5-8(2)10(12(13)14)11(9)16-7-15-3;1-3-7-5-4-6(2)8(9(7)11)10(12)13/h5-6H,4,7H2,1-3H3,(H,13,14);4-5,11H,3H2,1-2H3,(H,12,13). The van der Waals surface area contributed by atoms with Gasteiger partial charge in [-0.1, -0.05) is 38.1 Å². The van der Waals surface area contributed by atoms with Crippen LogP contribution in [0, 0.1) is 13.8 Å². The topological polar surface area (TPSA) is 113 Å². The Bertz CT molecular complexity index is 872. The summed E-state index contributed by atoms with van der Waals surface area (Å²) in [5, 5.41) is 27.5. The molecule has 0 saturated carbocycles. The van der Waals surface area contributed by atoms with Crippen molar-refractivity contribution in [2.45, 2.75) is 40.5 Å². The van der Waals surface area contributed by atoms with E-state index in [9.17, 15) is 14.7 Å². The number of carbonyl (C=O) groups is 2. The minimum atomic E-state index is -1.08. The number of aromatic hydroxyl groups is 1. The van der Waals surface area contributed by atoms with Gasteiger partial charge in [-0.3, -0.25) is 0 Å². The SMILES string of the molecule is CCc1ccc(C)c(C(=O)O)c1O.CCc1ccc(C)c(C(=O)O)c1OCOC. The van der Waals surface area contributed by atoms with E-state index in [2.05, 4.69) is 0 Å². The zero-order valence-corrected chi connectivity index (χ0v) is 17.4. The molecule has 0 heterocycles. The Hall–Kier alpha value is -3.06. The van der Waals surface area contributed by atoms with E-state index in [4.69, 9.17) is 19.7 Å². The third kappa shape index (κ3) is 5.96. The van der Waals surface area contributed by atoms with E-state index >= 15 is 0 Å². The molecule has 0 atom stereocenters. The summed E-state index contributed by atoms with van der Waals surface area (Å²) in [6.07, 6.45) is 1.35. The number of carboxylic acids is 2. The van der Waals surface area contributed by atoms with Gasteiger partial charge in [-0.2, -0.15) is 0 Å². The van der Waals surface area contributed by atoms with Crippen molar-refractivity contribution in [1.29, 1.82) is 0 Å². The molecular formula is C22H28O7. The maximum absolute atomic E-state index is 11.2. The first-order valence-electron chi connectivity index (χ1n) is 9.21. The van der Waals surface area contributed by atoms with E-state index in [0.29, 0.717) is 28.9 Å². The molecule has 0 unspecified atom stereocenters. The Morgan fingerprint density at radius 3 is 1.79 bits per heavy atom. The molecule has 0 bridgehead atoms. The maximum Gasteiger partial charge on any atom is 0.339 e. The number of rotatable bonds is 7. The lowest BCUT2D eigenvalue weighted by Gasteiger charge is -2.14. The van der Waals surface area contributed by atoms with E-state index in [-0.39, 0.29) is 23.7 Å². The molecule has 2 aromatic carbocycles. The number of phenols is 1. The molecule has 0 radical (unpaired) electrons. The summed E-state index contributed by atoms with van der Waals surface area (Å²) in [5.74, 6) is -1.74. The number of hydrogen-bond acceptors (Lipinski definition) is 5. The van der Waals surface area contributed by atoms with Gasteiger partial charge >= 0.3 is 11.9 Å². The van der Waals surface area contributed by atoms with Crippen molar-refractivity contribution < 1.29 is 34.4 Å². The Balaban J connectivity index is 0.000000296. The summed E-state index contributed by atoms with van der Waals surface area (Å²) < 4.78 is 10.2. The smallest absolute Gasteiger partial charge is 0.339 e. The summed E-state index contributed by atoms with van der Waals surface area (Å²) in [7, 11) is 1.50. The van der Waals surface area contributed by atoms with Crippen LogP contribution in [-0.2, 0) is 17.6 Å². The van der Waals surface area contributed by atoms with Gasteiger partial charge in [0.15, 0.2) is 6.79 Å². The van der Waals surface area contributed by atoms with Crippen molar-refractivity contribution in [3.05, 3.63) is 57.6 Å². The van der Waals surface area contributed by atoms with Crippen molar-refractivity contribution in [1.82, 2.24) is 0 Å². The molecule has 7 nitrogen and oxygen atoms in total. The van der Waals surface area contributed by atoms with Gasteiger partial charge in [0.05, 0.1) is 0 Å². The lowest BCUT2D eigenvalue weighted by atomic mass is 10.0. The predicted molar refractivity (Wildman–Crippen MR) is 109 cm³/mol. The highest BCUT2D eigenvalue weighted by Crippen LogP contribution is 2.28. The van der Waals surface area contributed by atoms with Crippen LogP contribution < -0.4 is 4.74 Å². The van der Waals surface area contributed by atoms with Gasteiger partial charge in [-0.15, -0.1) is 0 Å². The maximum atomic E-state index is 11.2. The highest BCUT2D eigenvalue weighted by Gasteiger charge is 2.18. The van der Waals surface area contributed by atoms with Crippen LogP contribution in [-0.4, -0.2) is 41.2 Å². The van der Waals surface area contributed by atoms with Crippen molar-refractivity contribution in [2.24, 2.45) is 0 Å². The van der Waals surface area contributed by atoms with Crippen LogP contribution in [0.1, 0.15) is 56.8 Å². The molecule has 7 heteroatoms. The lowest BCUT2D eigenvalue weighted by molar-refractivity contribution is 0.0476. The Morgan fingerprint density at radius 2 is 1.34 bits per heavy atom. The molecule has 0 spiro atoms. The van der Waals surface area contributed by atoms with E-state index in [1.165, 1.54) is 7.11 Å². The van der Waals surface area contributed by atoms with Crippen molar-refractivity contribution in [3.63, 3.8) is 0 Å². The van der Waals surface area contributed by atoms with Crippen molar-refractivity contribution >= 4 is 11.9 Å². The molecule has 0 aliphatic rings. The molecule has 2 rings (SSSR count). The highest BCUT2D eigenvalue weighted by molar-refractivity contribution is 5.93. The minimum absolute atomic E-state index is 0.0133. The fourth-order valence-electron chi connectivity index (χ4n) is 2.84. The summed E-state index contributed by atoms with van der Waals surface area (Å²) >= 11 is 0. The number of hydrogen-bond donors (Lipinski definition) is 3. The summed E-state index contributed by atoms with van der Waals surface area (Å²) in [6, 6.07) is 7.13.